The first-order valence-electron chi connectivity index (χ1n) is 9.36. The van der Waals surface area contributed by atoms with E-state index in [0.29, 0.717) is 18.5 Å². The number of aliphatic carboxylic acids is 1. The van der Waals surface area contributed by atoms with E-state index in [9.17, 15) is 9.59 Å². The van der Waals surface area contributed by atoms with Crippen LogP contribution >= 0.6 is 15.9 Å². The van der Waals surface area contributed by atoms with Gasteiger partial charge in [-0.25, -0.2) is 0 Å². The van der Waals surface area contributed by atoms with Crippen LogP contribution in [0.3, 0.4) is 0 Å². The van der Waals surface area contributed by atoms with Gasteiger partial charge in [-0.05, 0) is 44.0 Å². The van der Waals surface area contributed by atoms with E-state index < -0.39 is 5.97 Å². The van der Waals surface area contributed by atoms with Gasteiger partial charge in [0.1, 0.15) is 0 Å². The van der Waals surface area contributed by atoms with E-state index in [2.05, 4.69) is 21.0 Å². The molecule has 0 aliphatic rings. The van der Waals surface area contributed by atoms with E-state index in [4.69, 9.17) is 5.11 Å². The van der Waals surface area contributed by atoms with Crippen LogP contribution in [0.2, 0.25) is 0 Å². The molecule has 0 radical (unpaired) electrons. The number of Topliss-reactive ketones (excluding diaryl/α,β-unsaturated/α-hetero) is 1. The molecule has 0 aliphatic carbocycles. The topological polar surface area (TPSA) is 72.2 Å². The highest BCUT2D eigenvalue weighted by molar-refractivity contribution is 9.10. The van der Waals surface area contributed by atoms with Crippen LogP contribution in [0.5, 0.6) is 0 Å². The zero-order chi connectivity index (χ0) is 21.1. The SMILES string of the molecule is Cc1ccc(Br)c(C(=O)Cc2ccc(Cn3nc(C)c(CC(=O)O)c3C)cc2)c1. The van der Waals surface area contributed by atoms with E-state index in [1.807, 2.05) is 67.9 Å². The molecule has 150 valence electrons. The quantitative estimate of drug-likeness (QED) is 0.526. The van der Waals surface area contributed by atoms with Crippen molar-refractivity contribution < 1.29 is 14.7 Å². The van der Waals surface area contributed by atoms with Crippen molar-refractivity contribution in [3.8, 4) is 0 Å². The highest BCUT2D eigenvalue weighted by Gasteiger charge is 2.15. The predicted octanol–water partition coefficient (Wildman–Crippen LogP) is 4.67. The van der Waals surface area contributed by atoms with Crippen molar-refractivity contribution in [2.24, 2.45) is 0 Å². The number of carbonyl (C=O) groups excluding carboxylic acids is 1. The number of benzene rings is 2. The molecular weight excluding hydrogens is 432 g/mol. The number of aryl methyl sites for hydroxylation is 2. The lowest BCUT2D eigenvalue weighted by molar-refractivity contribution is -0.136. The summed E-state index contributed by atoms with van der Waals surface area (Å²) in [6.07, 6.45) is 0.318. The lowest BCUT2D eigenvalue weighted by Crippen LogP contribution is -2.07. The van der Waals surface area contributed by atoms with Crippen molar-refractivity contribution in [2.75, 3.05) is 0 Å². The van der Waals surface area contributed by atoms with E-state index >= 15 is 0 Å². The van der Waals surface area contributed by atoms with Gasteiger partial charge in [0, 0.05) is 27.7 Å². The second kappa shape index (κ2) is 8.74. The molecule has 29 heavy (non-hydrogen) atoms. The molecule has 0 atom stereocenters. The van der Waals surface area contributed by atoms with Crippen molar-refractivity contribution in [2.45, 2.75) is 40.2 Å². The monoisotopic (exact) mass is 454 g/mol. The molecule has 1 heterocycles. The molecule has 0 saturated heterocycles. The van der Waals surface area contributed by atoms with Crippen LogP contribution in [0, 0.1) is 20.8 Å². The normalized spacial score (nSPS) is 10.9. The van der Waals surface area contributed by atoms with E-state index in [1.54, 1.807) is 0 Å². The summed E-state index contributed by atoms with van der Waals surface area (Å²) in [4.78, 5) is 23.7. The second-order valence-corrected chi connectivity index (χ2v) is 8.13. The standard InChI is InChI=1S/C23H23BrN2O3/c1-14-4-9-21(24)20(10-14)22(27)11-17-5-7-18(8-6-17)13-26-16(3)19(12-23(28)29)15(2)25-26/h4-10H,11-13H2,1-3H3,(H,28,29). The Labute approximate surface area is 178 Å². The van der Waals surface area contributed by atoms with Gasteiger partial charge >= 0.3 is 5.97 Å². The third-order valence-corrected chi connectivity index (χ3v) is 5.69. The summed E-state index contributed by atoms with van der Waals surface area (Å²) >= 11 is 3.46. The number of hydrogen-bond acceptors (Lipinski definition) is 3. The van der Waals surface area contributed by atoms with Gasteiger partial charge in [0.05, 0.1) is 18.7 Å². The number of carbonyl (C=O) groups is 2. The Hall–Kier alpha value is -2.73. The highest BCUT2D eigenvalue weighted by Crippen LogP contribution is 2.21. The molecule has 1 aromatic heterocycles. The number of halogens is 1. The average molecular weight is 455 g/mol. The Bertz CT molecular complexity index is 1070. The van der Waals surface area contributed by atoms with Crippen LogP contribution in [-0.4, -0.2) is 26.6 Å². The summed E-state index contributed by atoms with van der Waals surface area (Å²) in [6, 6.07) is 13.7. The first-order chi connectivity index (χ1) is 13.7. The minimum atomic E-state index is -0.856. The summed E-state index contributed by atoms with van der Waals surface area (Å²) in [6.45, 7) is 6.26. The zero-order valence-corrected chi connectivity index (χ0v) is 18.3. The molecule has 1 N–H and O–H groups in total. The maximum Gasteiger partial charge on any atom is 0.307 e. The Morgan fingerprint density at radius 1 is 1.00 bits per heavy atom. The first kappa shape index (κ1) is 21.0. The Morgan fingerprint density at radius 2 is 1.66 bits per heavy atom. The summed E-state index contributed by atoms with van der Waals surface area (Å²) in [7, 11) is 0. The Balaban J connectivity index is 1.72. The molecule has 3 aromatic rings. The third kappa shape index (κ3) is 5.01. The highest BCUT2D eigenvalue weighted by atomic mass is 79.9. The van der Waals surface area contributed by atoms with E-state index in [1.165, 1.54) is 0 Å². The maximum atomic E-state index is 12.6. The third-order valence-electron chi connectivity index (χ3n) is 5.00. The Kier molecular flexibility index (Phi) is 6.33. The largest absolute Gasteiger partial charge is 0.481 e. The number of ketones is 1. The summed E-state index contributed by atoms with van der Waals surface area (Å²) in [5.41, 5.74) is 6.13. The molecule has 0 saturated carbocycles. The van der Waals surface area contributed by atoms with Crippen LogP contribution in [0.1, 0.15) is 44.0 Å². The molecule has 6 heteroatoms. The van der Waals surface area contributed by atoms with Crippen LogP contribution in [0.15, 0.2) is 46.9 Å². The number of rotatable bonds is 7. The van der Waals surface area contributed by atoms with Crippen molar-refractivity contribution in [3.63, 3.8) is 0 Å². The molecular formula is C23H23BrN2O3. The summed E-state index contributed by atoms with van der Waals surface area (Å²) in [5.74, 6) is -0.782. The van der Waals surface area contributed by atoms with Gasteiger partial charge in [-0.3, -0.25) is 14.3 Å². The van der Waals surface area contributed by atoms with Gasteiger partial charge in [0.15, 0.2) is 5.78 Å². The number of carboxylic acids is 1. The predicted molar refractivity (Wildman–Crippen MR) is 115 cm³/mol. The van der Waals surface area contributed by atoms with Crippen molar-refractivity contribution in [1.29, 1.82) is 0 Å². The average Bonchev–Trinajstić information content (AvgIpc) is 2.92. The van der Waals surface area contributed by atoms with E-state index in [-0.39, 0.29) is 12.2 Å². The van der Waals surface area contributed by atoms with Gasteiger partial charge in [0.2, 0.25) is 0 Å². The second-order valence-electron chi connectivity index (χ2n) is 7.28. The van der Waals surface area contributed by atoms with Crippen molar-refractivity contribution in [1.82, 2.24) is 9.78 Å². The number of carboxylic acid groups (broad SMARTS) is 1. The lowest BCUT2D eigenvalue weighted by Gasteiger charge is -2.08. The van der Waals surface area contributed by atoms with Gasteiger partial charge in [-0.2, -0.15) is 5.10 Å². The van der Waals surface area contributed by atoms with Crippen LogP contribution in [-0.2, 0) is 24.2 Å². The smallest absolute Gasteiger partial charge is 0.307 e. The maximum absolute atomic E-state index is 12.6. The van der Waals surface area contributed by atoms with E-state index in [0.717, 1.165) is 38.1 Å². The van der Waals surface area contributed by atoms with Crippen LogP contribution in [0.4, 0.5) is 0 Å². The van der Waals surface area contributed by atoms with Gasteiger partial charge in [-0.15, -0.1) is 0 Å². The number of hydrogen-bond donors (Lipinski definition) is 1. The van der Waals surface area contributed by atoms with Crippen LogP contribution in [0.25, 0.3) is 0 Å². The van der Waals surface area contributed by atoms with Gasteiger partial charge < -0.3 is 5.11 Å². The van der Waals surface area contributed by atoms with Crippen molar-refractivity contribution in [3.05, 3.63) is 86.1 Å². The molecule has 2 aromatic carbocycles. The number of aromatic nitrogens is 2. The minimum absolute atomic E-state index is 0.0206. The molecule has 3 rings (SSSR count). The molecule has 0 unspecified atom stereocenters. The fourth-order valence-corrected chi connectivity index (χ4v) is 3.83. The summed E-state index contributed by atoms with van der Waals surface area (Å²) < 4.78 is 2.64. The Morgan fingerprint density at radius 3 is 2.31 bits per heavy atom. The molecule has 0 aliphatic heterocycles. The molecule has 5 nitrogen and oxygen atoms in total. The van der Waals surface area contributed by atoms with Crippen LogP contribution < -0.4 is 0 Å². The lowest BCUT2D eigenvalue weighted by atomic mass is 10.0. The summed E-state index contributed by atoms with van der Waals surface area (Å²) in [5, 5.41) is 13.5. The molecule has 0 fully saturated rings. The fourth-order valence-electron chi connectivity index (χ4n) is 3.36. The molecule has 0 bridgehead atoms. The first-order valence-corrected chi connectivity index (χ1v) is 10.2. The van der Waals surface area contributed by atoms with Crippen molar-refractivity contribution >= 4 is 27.7 Å². The molecule has 0 amide bonds. The minimum Gasteiger partial charge on any atom is -0.481 e. The molecule has 0 spiro atoms. The zero-order valence-electron chi connectivity index (χ0n) is 16.7. The fraction of sp³-hybridized carbons (Fsp3) is 0.261. The number of nitrogens with zero attached hydrogens (tertiary/aromatic N) is 2. The van der Waals surface area contributed by atoms with Gasteiger partial charge in [-0.1, -0.05) is 51.8 Å². The van der Waals surface area contributed by atoms with Gasteiger partial charge in [0.25, 0.3) is 0 Å².